The van der Waals surface area contributed by atoms with Crippen molar-refractivity contribution in [1.29, 1.82) is 0 Å². The summed E-state index contributed by atoms with van der Waals surface area (Å²) in [6.07, 6.45) is 7.48. The summed E-state index contributed by atoms with van der Waals surface area (Å²) in [7, 11) is 0. The Kier molecular flexibility index (Phi) is 2.42. The zero-order valence-corrected chi connectivity index (χ0v) is 9.67. The van der Waals surface area contributed by atoms with Crippen LogP contribution in [0.2, 0.25) is 0 Å². The fourth-order valence-corrected chi connectivity index (χ4v) is 2.64. The maximum Gasteiger partial charge on any atom is 0.256 e. The molecule has 4 heteroatoms. The minimum Gasteiger partial charge on any atom is -0.295 e. The van der Waals surface area contributed by atoms with E-state index in [9.17, 15) is 4.79 Å². The van der Waals surface area contributed by atoms with Gasteiger partial charge in [0.25, 0.3) is 5.91 Å². The van der Waals surface area contributed by atoms with Crippen LogP contribution in [0.15, 0.2) is 29.4 Å². The smallest absolute Gasteiger partial charge is 0.256 e. The van der Waals surface area contributed by atoms with Gasteiger partial charge >= 0.3 is 0 Å². The highest BCUT2D eigenvalue weighted by Crippen LogP contribution is 2.37. The van der Waals surface area contributed by atoms with Crippen LogP contribution in [0.25, 0.3) is 0 Å². The summed E-state index contributed by atoms with van der Waals surface area (Å²) in [5.41, 5.74) is 0.483. The Hall–Kier alpha value is -1.71. The van der Waals surface area contributed by atoms with E-state index < -0.39 is 5.54 Å². The lowest BCUT2D eigenvalue weighted by Gasteiger charge is -2.20. The first-order valence-corrected chi connectivity index (χ1v) is 6.07. The minimum absolute atomic E-state index is 0.153. The number of aromatic nitrogens is 1. The largest absolute Gasteiger partial charge is 0.295 e. The Morgan fingerprint density at radius 3 is 2.82 bits per heavy atom. The topological polar surface area (TPSA) is 45.6 Å². The van der Waals surface area contributed by atoms with Crippen molar-refractivity contribution in [3.8, 4) is 0 Å². The summed E-state index contributed by atoms with van der Waals surface area (Å²) in [6, 6.07) is 5.74. The standard InChI is InChI=1S/C13H15N3O/c17-12-13(6-2-3-7-13)15-10-16(12)9-11-5-1-4-8-14-11/h1,4-5,8,10H,2-3,6-7,9H2. The van der Waals surface area contributed by atoms with Crippen molar-refractivity contribution in [2.75, 3.05) is 0 Å². The molecule has 88 valence electrons. The molecule has 17 heavy (non-hydrogen) atoms. The Morgan fingerprint density at radius 2 is 2.12 bits per heavy atom. The highest BCUT2D eigenvalue weighted by atomic mass is 16.2. The number of aliphatic imine (C=N–C) groups is 1. The summed E-state index contributed by atoms with van der Waals surface area (Å²) in [5.74, 6) is 0.153. The Morgan fingerprint density at radius 1 is 1.29 bits per heavy atom. The fraction of sp³-hybridized carbons (Fsp3) is 0.462. The van der Waals surface area contributed by atoms with Crippen LogP contribution >= 0.6 is 0 Å². The van der Waals surface area contributed by atoms with E-state index in [1.165, 1.54) is 0 Å². The van der Waals surface area contributed by atoms with Gasteiger partial charge in [-0.05, 0) is 25.0 Å². The average Bonchev–Trinajstić information content (AvgIpc) is 2.95. The number of rotatable bonds is 2. The molecule has 1 aromatic heterocycles. The maximum absolute atomic E-state index is 12.3. The number of carbonyl (C=O) groups is 1. The van der Waals surface area contributed by atoms with Crippen molar-refractivity contribution in [3.05, 3.63) is 30.1 Å². The Bertz CT molecular complexity index is 449. The van der Waals surface area contributed by atoms with Crippen molar-refractivity contribution < 1.29 is 4.79 Å². The van der Waals surface area contributed by atoms with Crippen LogP contribution in [0.3, 0.4) is 0 Å². The molecule has 0 aromatic carbocycles. The molecule has 0 saturated heterocycles. The highest BCUT2D eigenvalue weighted by molar-refractivity contribution is 6.00. The van der Waals surface area contributed by atoms with E-state index in [-0.39, 0.29) is 5.91 Å². The minimum atomic E-state index is -0.422. The lowest BCUT2D eigenvalue weighted by Crippen LogP contribution is -2.38. The van der Waals surface area contributed by atoms with Crippen molar-refractivity contribution in [2.24, 2.45) is 4.99 Å². The van der Waals surface area contributed by atoms with E-state index in [4.69, 9.17) is 0 Å². The average molecular weight is 229 g/mol. The van der Waals surface area contributed by atoms with Gasteiger partial charge in [-0.2, -0.15) is 0 Å². The van der Waals surface area contributed by atoms with Crippen LogP contribution < -0.4 is 0 Å². The van der Waals surface area contributed by atoms with Crippen LogP contribution in [0.4, 0.5) is 0 Å². The highest BCUT2D eigenvalue weighted by Gasteiger charge is 2.46. The van der Waals surface area contributed by atoms with Crippen LogP contribution in [-0.4, -0.2) is 27.7 Å². The zero-order valence-electron chi connectivity index (χ0n) is 9.67. The molecule has 2 aliphatic rings. The van der Waals surface area contributed by atoms with Crippen LogP contribution in [-0.2, 0) is 11.3 Å². The van der Waals surface area contributed by atoms with Crippen molar-refractivity contribution >= 4 is 12.2 Å². The van der Waals surface area contributed by atoms with Crippen molar-refractivity contribution in [3.63, 3.8) is 0 Å². The van der Waals surface area contributed by atoms with Gasteiger partial charge in [0, 0.05) is 6.20 Å². The molecule has 0 bridgehead atoms. The molecule has 0 radical (unpaired) electrons. The van der Waals surface area contributed by atoms with Gasteiger partial charge in [-0.15, -0.1) is 0 Å². The molecular weight excluding hydrogens is 214 g/mol. The predicted octanol–water partition coefficient (Wildman–Crippen LogP) is 1.76. The maximum atomic E-state index is 12.3. The molecule has 1 spiro atoms. The van der Waals surface area contributed by atoms with Gasteiger partial charge < -0.3 is 0 Å². The lowest BCUT2D eigenvalue weighted by molar-refractivity contribution is -0.131. The normalized spacial score (nSPS) is 21.6. The van der Waals surface area contributed by atoms with Crippen molar-refractivity contribution in [2.45, 2.75) is 37.8 Å². The van der Waals surface area contributed by atoms with E-state index in [2.05, 4.69) is 9.98 Å². The van der Waals surface area contributed by atoms with Gasteiger partial charge in [0.2, 0.25) is 0 Å². The number of amides is 1. The van der Waals surface area contributed by atoms with E-state index in [1.807, 2.05) is 18.2 Å². The molecule has 1 fully saturated rings. The first-order valence-electron chi connectivity index (χ1n) is 6.07. The number of carbonyl (C=O) groups excluding carboxylic acids is 1. The first kappa shape index (κ1) is 10.4. The quantitative estimate of drug-likeness (QED) is 0.775. The summed E-state index contributed by atoms with van der Waals surface area (Å²) >= 11 is 0. The molecule has 2 heterocycles. The molecule has 0 N–H and O–H groups in total. The molecule has 0 atom stereocenters. The Balaban J connectivity index is 1.75. The third-order valence-corrected chi connectivity index (χ3v) is 3.59. The lowest BCUT2D eigenvalue weighted by atomic mass is 9.98. The third-order valence-electron chi connectivity index (χ3n) is 3.59. The summed E-state index contributed by atoms with van der Waals surface area (Å²) in [6.45, 7) is 0.533. The molecule has 1 aliphatic carbocycles. The molecular formula is C13H15N3O. The van der Waals surface area contributed by atoms with Crippen molar-refractivity contribution in [1.82, 2.24) is 9.88 Å². The number of pyridine rings is 1. The van der Waals surface area contributed by atoms with Gasteiger partial charge in [0.15, 0.2) is 0 Å². The van der Waals surface area contributed by atoms with Gasteiger partial charge in [-0.3, -0.25) is 19.7 Å². The van der Waals surface area contributed by atoms with Gasteiger partial charge in [-0.1, -0.05) is 18.9 Å². The molecule has 1 amide bonds. The molecule has 1 aromatic rings. The zero-order chi connectivity index (χ0) is 11.7. The first-order chi connectivity index (χ1) is 8.30. The summed E-state index contributed by atoms with van der Waals surface area (Å²) < 4.78 is 0. The Labute approximate surface area is 100 Å². The van der Waals surface area contributed by atoms with E-state index in [0.29, 0.717) is 6.54 Å². The molecule has 4 nitrogen and oxygen atoms in total. The van der Waals surface area contributed by atoms with Crippen LogP contribution in [0.1, 0.15) is 31.4 Å². The molecule has 3 rings (SSSR count). The van der Waals surface area contributed by atoms with Gasteiger partial charge in [-0.25, -0.2) is 0 Å². The molecule has 1 aliphatic heterocycles. The summed E-state index contributed by atoms with van der Waals surface area (Å²) in [5, 5.41) is 0. The number of nitrogens with zero attached hydrogens (tertiary/aromatic N) is 3. The van der Waals surface area contributed by atoms with Crippen LogP contribution in [0, 0.1) is 0 Å². The molecule has 0 unspecified atom stereocenters. The SMILES string of the molecule is O=C1N(Cc2ccccn2)C=NC12CCCC2. The van der Waals surface area contributed by atoms with E-state index >= 15 is 0 Å². The third kappa shape index (κ3) is 1.73. The van der Waals surface area contributed by atoms with E-state index in [1.54, 1.807) is 17.4 Å². The predicted molar refractivity (Wildman–Crippen MR) is 64.5 cm³/mol. The van der Waals surface area contributed by atoms with E-state index in [0.717, 1.165) is 31.4 Å². The summed E-state index contributed by atoms with van der Waals surface area (Å²) in [4.78, 5) is 22.7. The molecule has 1 saturated carbocycles. The number of hydrogen-bond donors (Lipinski definition) is 0. The second-order valence-corrected chi connectivity index (χ2v) is 4.74. The number of hydrogen-bond acceptors (Lipinski definition) is 3. The monoisotopic (exact) mass is 229 g/mol. The fourth-order valence-electron chi connectivity index (χ4n) is 2.64. The van der Waals surface area contributed by atoms with Gasteiger partial charge in [0.1, 0.15) is 5.54 Å². The van der Waals surface area contributed by atoms with Crippen LogP contribution in [0.5, 0.6) is 0 Å². The second-order valence-electron chi connectivity index (χ2n) is 4.74. The second kappa shape index (κ2) is 3.95. The van der Waals surface area contributed by atoms with Gasteiger partial charge in [0.05, 0.1) is 18.6 Å².